The predicted octanol–water partition coefficient (Wildman–Crippen LogP) is 7.32. The van der Waals surface area contributed by atoms with E-state index in [2.05, 4.69) is 65.8 Å². The monoisotopic (exact) mass is 499 g/mol. The number of benzene rings is 3. The van der Waals surface area contributed by atoms with Gasteiger partial charge >= 0.3 is 0 Å². The van der Waals surface area contributed by atoms with Crippen molar-refractivity contribution in [2.24, 2.45) is 5.92 Å². The van der Waals surface area contributed by atoms with Gasteiger partial charge in [0.15, 0.2) is 0 Å². The van der Waals surface area contributed by atoms with Gasteiger partial charge in [-0.2, -0.15) is 0 Å². The lowest BCUT2D eigenvalue weighted by Crippen LogP contribution is -2.39. The topological polar surface area (TPSA) is 44.4 Å². The first-order chi connectivity index (χ1) is 18.2. The number of amides is 1. The summed E-state index contributed by atoms with van der Waals surface area (Å²) in [5.74, 6) is 0.744. The number of nitrogens with zero attached hydrogens (tertiary/aromatic N) is 1. The lowest BCUT2D eigenvalue weighted by Gasteiger charge is -2.29. The fourth-order valence-corrected chi connectivity index (χ4v) is 5.51. The highest BCUT2D eigenvalue weighted by molar-refractivity contribution is 6.07. The third-order valence-electron chi connectivity index (χ3n) is 7.84. The lowest BCUT2D eigenvalue weighted by molar-refractivity contribution is 0.0923. The molecule has 1 aliphatic carbocycles. The number of nitrogens with one attached hydrogen (secondary N) is 2. The molecule has 0 aromatic heterocycles. The first kappa shape index (κ1) is 27.2. The first-order valence-electron chi connectivity index (χ1n) is 14.5. The standard InChI is InChI=1S/C33H45N3O/c1-3-5-22-36(23-6-4-2)30-20-16-27(17-21-30)25-34-24-26-14-18-29(19-15-26)35-33(37)32-13-9-11-28-10-7-8-12-31(28)32/h7-13,16-17,20-21,26,29,34H,3-6,14-15,18-19,22-25H2,1-2H3,(H,35,37). The molecule has 1 saturated carbocycles. The Morgan fingerprint density at radius 2 is 1.51 bits per heavy atom. The number of carbonyl (C=O) groups excluding carboxylic acids is 1. The molecular formula is C33H45N3O. The Morgan fingerprint density at radius 3 is 2.22 bits per heavy atom. The summed E-state index contributed by atoms with van der Waals surface area (Å²) in [6.07, 6.45) is 9.43. The van der Waals surface area contributed by atoms with Gasteiger partial charge in [0.2, 0.25) is 0 Å². The molecule has 4 nitrogen and oxygen atoms in total. The number of rotatable bonds is 13. The van der Waals surface area contributed by atoms with Crippen molar-refractivity contribution in [3.05, 3.63) is 77.9 Å². The van der Waals surface area contributed by atoms with Gasteiger partial charge in [-0.05, 0) is 85.5 Å². The second kappa shape index (κ2) is 14.2. The average Bonchev–Trinajstić information content (AvgIpc) is 2.94. The third-order valence-corrected chi connectivity index (χ3v) is 7.84. The molecule has 1 aliphatic rings. The molecule has 0 unspecified atom stereocenters. The normalized spacial score (nSPS) is 17.6. The van der Waals surface area contributed by atoms with E-state index in [1.807, 2.05) is 30.3 Å². The van der Waals surface area contributed by atoms with Crippen molar-refractivity contribution < 1.29 is 4.79 Å². The molecule has 0 aliphatic heterocycles. The van der Waals surface area contributed by atoms with Crippen molar-refractivity contribution in [1.82, 2.24) is 10.6 Å². The van der Waals surface area contributed by atoms with E-state index >= 15 is 0 Å². The Kier molecular flexibility index (Phi) is 10.4. The molecule has 1 fully saturated rings. The maximum atomic E-state index is 13.0. The number of fused-ring (bicyclic) bond motifs is 1. The van der Waals surface area contributed by atoms with Crippen LogP contribution in [0.5, 0.6) is 0 Å². The molecule has 2 N–H and O–H groups in total. The van der Waals surface area contributed by atoms with Crippen LogP contribution >= 0.6 is 0 Å². The zero-order valence-electron chi connectivity index (χ0n) is 22.8. The van der Waals surface area contributed by atoms with Gasteiger partial charge in [0.25, 0.3) is 5.91 Å². The molecule has 3 aromatic rings. The quantitative estimate of drug-likeness (QED) is 0.259. The van der Waals surface area contributed by atoms with Crippen LogP contribution in [0.15, 0.2) is 66.7 Å². The van der Waals surface area contributed by atoms with Gasteiger partial charge in [-0.3, -0.25) is 4.79 Å². The number of anilines is 1. The van der Waals surface area contributed by atoms with Crippen molar-refractivity contribution >= 4 is 22.4 Å². The zero-order chi connectivity index (χ0) is 25.9. The second-order valence-corrected chi connectivity index (χ2v) is 10.7. The Morgan fingerprint density at radius 1 is 0.838 bits per heavy atom. The van der Waals surface area contributed by atoms with Crippen molar-refractivity contribution in [1.29, 1.82) is 0 Å². The third kappa shape index (κ3) is 7.82. The van der Waals surface area contributed by atoms with Gasteiger partial charge in [-0.1, -0.05) is 75.2 Å². The van der Waals surface area contributed by atoms with Crippen molar-refractivity contribution in [3.63, 3.8) is 0 Å². The van der Waals surface area contributed by atoms with Gasteiger partial charge < -0.3 is 15.5 Å². The average molecular weight is 500 g/mol. The van der Waals surface area contributed by atoms with E-state index < -0.39 is 0 Å². The van der Waals surface area contributed by atoms with Crippen molar-refractivity contribution in [2.75, 3.05) is 24.5 Å². The first-order valence-corrected chi connectivity index (χ1v) is 14.5. The molecule has 0 bridgehead atoms. The van der Waals surface area contributed by atoms with Crippen LogP contribution < -0.4 is 15.5 Å². The minimum atomic E-state index is 0.0600. The Balaban J connectivity index is 1.19. The largest absolute Gasteiger partial charge is 0.372 e. The Bertz CT molecular complexity index is 1090. The molecule has 37 heavy (non-hydrogen) atoms. The van der Waals surface area contributed by atoms with E-state index in [1.165, 1.54) is 36.9 Å². The van der Waals surface area contributed by atoms with E-state index in [0.717, 1.165) is 68.2 Å². The van der Waals surface area contributed by atoms with E-state index in [4.69, 9.17) is 0 Å². The zero-order valence-corrected chi connectivity index (χ0v) is 22.8. The van der Waals surface area contributed by atoms with Crippen LogP contribution in [0.3, 0.4) is 0 Å². The van der Waals surface area contributed by atoms with E-state index in [-0.39, 0.29) is 11.9 Å². The van der Waals surface area contributed by atoms with E-state index in [9.17, 15) is 4.79 Å². The maximum Gasteiger partial charge on any atom is 0.252 e. The summed E-state index contributed by atoms with van der Waals surface area (Å²) in [7, 11) is 0. The van der Waals surface area contributed by atoms with Gasteiger partial charge in [0.05, 0.1) is 0 Å². The van der Waals surface area contributed by atoms with Crippen molar-refractivity contribution in [3.8, 4) is 0 Å². The van der Waals surface area contributed by atoms with Crippen molar-refractivity contribution in [2.45, 2.75) is 77.8 Å². The van der Waals surface area contributed by atoms with Gasteiger partial charge in [0, 0.05) is 36.9 Å². The highest BCUT2D eigenvalue weighted by atomic mass is 16.1. The van der Waals surface area contributed by atoms with Crippen LogP contribution in [0.4, 0.5) is 5.69 Å². The molecule has 0 heterocycles. The summed E-state index contributed by atoms with van der Waals surface area (Å²) in [5, 5.41) is 9.14. The summed E-state index contributed by atoms with van der Waals surface area (Å²) in [5.41, 5.74) is 3.49. The fraction of sp³-hybridized carbons (Fsp3) is 0.485. The van der Waals surface area contributed by atoms with Gasteiger partial charge in [-0.15, -0.1) is 0 Å². The molecule has 4 rings (SSSR count). The second-order valence-electron chi connectivity index (χ2n) is 10.7. The molecule has 4 heteroatoms. The predicted molar refractivity (Wildman–Crippen MR) is 157 cm³/mol. The number of hydrogen-bond donors (Lipinski definition) is 2. The molecule has 3 aromatic carbocycles. The number of carbonyl (C=O) groups is 1. The van der Waals surface area contributed by atoms with Gasteiger partial charge in [-0.25, -0.2) is 0 Å². The van der Waals surface area contributed by atoms with Gasteiger partial charge in [0.1, 0.15) is 0 Å². The summed E-state index contributed by atoms with van der Waals surface area (Å²) in [6.45, 7) is 8.80. The highest BCUT2D eigenvalue weighted by Crippen LogP contribution is 2.25. The molecule has 198 valence electrons. The summed E-state index contributed by atoms with van der Waals surface area (Å²) in [6, 6.07) is 23.5. The van der Waals surface area contributed by atoms with Crippen LogP contribution in [0, 0.1) is 5.92 Å². The summed E-state index contributed by atoms with van der Waals surface area (Å²) < 4.78 is 0. The van der Waals surface area contributed by atoms with Crippen LogP contribution in [-0.4, -0.2) is 31.6 Å². The Labute approximate surface area is 223 Å². The number of unbranched alkanes of at least 4 members (excludes halogenated alkanes) is 2. The van der Waals surface area contributed by atoms with Crippen LogP contribution in [-0.2, 0) is 6.54 Å². The smallest absolute Gasteiger partial charge is 0.252 e. The lowest BCUT2D eigenvalue weighted by atomic mass is 9.85. The minimum Gasteiger partial charge on any atom is -0.372 e. The minimum absolute atomic E-state index is 0.0600. The van der Waals surface area contributed by atoms with Crippen LogP contribution in [0.2, 0.25) is 0 Å². The molecule has 0 atom stereocenters. The van der Waals surface area contributed by atoms with Crippen LogP contribution in [0.25, 0.3) is 10.8 Å². The Hall–Kier alpha value is -2.85. The SMILES string of the molecule is CCCCN(CCCC)c1ccc(CNCC2CCC(NC(=O)c3cccc4ccccc34)CC2)cc1. The fourth-order valence-electron chi connectivity index (χ4n) is 5.51. The highest BCUT2D eigenvalue weighted by Gasteiger charge is 2.23. The molecular weight excluding hydrogens is 454 g/mol. The summed E-state index contributed by atoms with van der Waals surface area (Å²) >= 11 is 0. The molecule has 0 spiro atoms. The van der Waals surface area contributed by atoms with E-state index in [1.54, 1.807) is 0 Å². The molecule has 0 radical (unpaired) electrons. The molecule has 1 amide bonds. The van der Waals surface area contributed by atoms with E-state index in [0.29, 0.717) is 5.92 Å². The number of hydrogen-bond acceptors (Lipinski definition) is 3. The molecule has 0 saturated heterocycles. The maximum absolute atomic E-state index is 13.0. The summed E-state index contributed by atoms with van der Waals surface area (Å²) in [4.78, 5) is 15.5. The van der Waals surface area contributed by atoms with Crippen LogP contribution in [0.1, 0.15) is 81.1 Å².